The van der Waals surface area contributed by atoms with E-state index in [1.54, 1.807) is 18.2 Å². The molecule has 0 aliphatic heterocycles. The first-order valence-electron chi connectivity index (χ1n) is 4.33. The van der Waals surface area contributed by atoms with Crippen LogP contribution in [-0.2, 0) is 4.79 Å². The molecule has 2 rings (SSSR count). The van der Waals surface area contributed by atoms with Gasteiger partial charge in [0.15, 0.2) is 0 Å². The Bertz CT molecular complexity index is 555. The van der Waals surface area contributed by atoms with Gasteiger partial charge in [0.05, 0.1) is 11.0 Å². The highest BCUT2D eigenvalue weighted by molar-refractivity contribution is 5.80. The van der Waals surface area contributed by atoms with Gasteiger partial charge in [0, 0.05) is 5.69 Å². The molecule has 2 aromatic rings. The Kier molecular flexibility index (Phi) is 2.17. The largest absolute Gasteiger partial charge is 0.480 e. The number of aromatic nitrogens is 2. The van der Waals surface area contributed by atoms with Crippen LogP contribution in [-0.4, -0.2) is 27.6 Å². The van der Waals surface area contributed by atoms with E-state index in [0.29, 0.717) is 16.7 Å². The average Bonchev–Trinajstić information content (AvgIpc) is 2.53. The molecule has 6 heteroatoms. The monoisotopic (exact) mass is 207 g/mol. The Morgan fingerprint density at radius 2 is 2.07 bits per heavy atom. The third kappa shape index (κ3) is 1.98. The molecule has 1 aromatic carbocycles. The van der Waals surface area contributed by atoms with E-state index in [9.17, 15) is 9.59 Å². The fourth-order valence-corrected chi connectivity index (χ4v) is 1.32. The van der Waals surface area contributed by atoms with E-state index < -0.39 is 5.97 Å². The molecule has 1 aromatic heterocycles. The van der Waals surface area contributed by atoms with E-state index in [4.69, 9.17) is 5.11 Å². The topological polar surface area (TPSA) is 98.0 Å². The van der Waals surface area contributed by atoms with E-state index in [1.807, 2.05) is 0 Å². The van der Waals surface area contributed by atoms with Gasteiger partial charge in [-0.1, -0.05) is 0 Å². The number of H-pyrrole nitrogens is 2. The van der Waals surface area contributed by atoms with Gasteiger partial charge in [0.1, 0.15) is 6.54 Å². The fraction of sp³-hybridized carbons (Fsp3) is 0.111. The summed E-state index contributed by atoms with van der Waals surface area (Å²) in [4.78, 5) is 26.4. The van der Waals surface area contributed by atoms with Crippen LogP contribution in [0.4, 0.5) is 5.69 Å². The lowest BCUT2D eigenvalue weighted by Gasteiger charge is -2.02. The first-order chi connectivity index (χ1) is 7.15. The van der Waals surface area contributed by atoms with Crippen LogP contribution in [0.25, 0.3) is 11.0 Å². The summed E-state index contributed by atoms with van der Waals surface area (Å²) >= 11 is 0. The fourth-order valence-electron chi connectivity index (χ4n) is 1.32. The predicted molar refractivity (Wildman–Crippen MR) is 55.0 cm³/mol. The number of imidazole rings is 1. The molecule has 0 fully saturated rings. The highest BCUT2D eigenvalue weighted by Gasteiger charge is 2.00. The van der Waals surface area contributed by atoms with Crippen molar-refractivity contribution >= 4 is 22.7 Å². The Hall–Kier alpha value is -2.24. The van der Waals surface area contributed by atoms with Crippen molar-refractivity contribution in [2.45, 2.75) is 0 Å². The molecule has 0 saturated carbocycles. The van der Waals surface area contributed by atoms with E-state index in [-0.39, 0.29) is 12.2 Å². The number of hydrogen-bond acceptors (Lipinski definition) is 3. The highest BCUT2D eigenvalue weighted by atomic mass is 16.4. The van der Waals surface area contributed by atoms with Crippen LogP contribution in [0.1, 0.15) is 0 Å². The van der Waals surface area contributed by atoms with Crippen LogP contribution in [0.2, 0.25) is 0 Å². The summed E-state index contributed by atoms with van der Waals surface area (Å²) in [5.41, 5.74) is 1.72. The Morgan fingerprint density at radius 3 is 2.80 bits per heavy atom. The van der Waals surface area contributed by atoms with Gasteiger partial charge in [0.2, 0.25) is 0 Å². The first kappa shape index (κ1) is 9.32. The lowest BCUT2D eigenvalue weighted by Crippen LogP contribution is -2.12. The van der Waals surface area contributed by atoms with Crippen LogP contribution in [0, 0.1) is 0 Å². The van der Waals surface area contributed by atoms with E-state index in [2.05, 4.69) is 15.3 Å². The standard InChI is InChI=1S/C9H9N3O3/c13-8(14)4-10-5-1-2-6-7(3-5)12-9(15)11-6/h1-3,10H,4H2,(H,13,14)(H2,11,12,15). The summed E-state index contributed by atoms with van der Waals surface area (Å²) < 4.78 is 0. The number of anilines is 1. The van der Waals surface area contributed by atoms with Crippen molar-refractivity contribution in [2.75, 3.05) is 11.9 Å². The van der Waals surface area contributed by atoms with Gasteiger partial charge >= 0.3 is 11.7 Å². The summed E-state index contributed by atoms with van der Waals surface area (Å²) in [6.07, 6.45) is 0. The molecule has 0 spiro atoms. The first-order valence-corrected chi connectivity index (χ1v) is 4.33. The zero-order chi connectivity index (χ0) is 10.8. The molecule has 1 heterocycles. The molecule has 0 bridgehead atoms. The number of aliphatic carboxylic acids is 1. The quantitative estimate of drug-likeness (QED) is 0.583. The highest BCUT2D eigenvalue weighted by Crippen LogP contribution is 2.13. The molecule has 0 unspecified atom stereocenters. The van der Waals surface area contributed by atoms with Gasteiger partial charge in [-0.15, -0.1) is 0 Å². The number of fused-ring (bicyclic) bond motifs is 1. The van der Waals surface area contributed by atoms with Gasteiger partial charge in [-0.3, -0.25) is 4.79 Å². The third-order valence-corrected chi connectivity index (χ3v) is 1.96. The molecule has 0 aliphatic carbocycles. The molecular formula is C9H9N3O3. The van der Waals surface area contributed by atoms with Crippen LogP contribution in [0.3, 0.4) is 0 Å². The van der Waals surface area contributed by atoms with E-state index >= 15 is 0 Å². The maximum Gasteiger partial charge on any atom is 0.323 e. The van der Waals surface area contributed by atoms with E-state index in [1.165, 1.54) is 0 Å². The number of nitrogens with one attached hydrogen (secondary N) is 3. The van der Waals surface area contributed by atoms with Gasteiger partial charge < -0.3 is 20.4 Å². The van der Waals surface area contributed by atoms with Crippen molar-refractivity contribution in [3.8, 4) is 0 Å². The number of carbonyl (C=O) groups is 1. The van der Waals surface area contributed by atoms with Crippen molar-refractivity contribution in [3.05, 3.63) is 28.7 Å². The second kappa shape index (κ2) is 3.49. The molecule has 0 atom stereocenters. The lowest BCUT2D eigenvalue weighted by molar-refractivity contribution is -0.134. The number of benzene rings is 1. The van der Waals surface area contributed by atoms with Crippen molar-refractivity contribution in [1.82, 2.24) is 9.97 Å². The summed E-state index contributed by atoms with van der Waals surface area (Å²) in [6.45, 7) is -0.153. The van der Waals surface area contributed by atoms with Crippen molar-refractivity contribution in [1.29, 1.82) is 0 Å². The van der Waals surface area contributed by atoms with Crippen LogP contribution < -0.4 is 11.0 Å². The average molecular weight is 207 g/mol. The zero-order valence-electron chi connectivity index (χ0n) is 7.70. The Morgan fingerprint density at radius 1 is 1.33 bits per heavy atom. The second-order valence-corrected chi connectivity index (χ2v) is 3.09. The molecule has 4 N–H and O–H groups in total. The zero-order valence-corrected chi connectivity index (χ0v) is 7.70. The number of rotatable bonds is 3. The smallest absolute Gasteiger partial charge is 0.323 e. The van der Waals surface area contributed by atoms with Gasteiger partial charge in [0.25, 0.3) is 0 Å². The number of carboxylic acids is 1. The van der Waals surface area contributed by atoms with Crippen LogP contribution in [0.5, 0.6) is 0 Å². The summed E-state index contributed by atoms with van der Waals surface area (Å²) in [5, 5.41) is 11.2. The van der Waals surface area contributed by atoms with Gasteiger partial charge in [-0.25, -0.2) is 4.79 Å². The Balaban J connectivity index is 2.30. The molecule has 0 radical (unpaired) electrons. The van der Waals surface area contributed by atoms with Crippen molar-refractivity contribution < 1.29 is 9.90 Å². The Labute approximate surface area is 83.9 Å². The normalized spacial score (nSPS) is 10.4. The predicted octanol–water partition coefficient (Wildman–Crippen LogP) is 0.353. The molecule has 0 aliphatic rings. The molecule has 78 valence electrons. The maximum absolute atomic E-state index is 10.9. The number of aromatic amines is 2. The molecule has 6 nitrogen and oxygen atoms in total. The minimum Gasteiger partial charge on any atom is -0.480 e. The summed E-state index contributed by atoms with van der Waals surface area (Å²) in [5.74, 6) is -0.933. The summed E-state index contributed by atoms with van der Waals surface area (Å²) in [7, 11) is 0. The number of hydrogen-bond donors (Lipinski definition) is 4. The van der Waals surface area contributed by atoms with Crippen molar-refractivity contribution in [3.63, 3.8) is 0 Å². The second-order valence-electron chi connectivity index (χ2n) is 3.09. The molecule has 0 amide bonds. The maximum atomic E-state index is 10.9. The number of carboxylic acid groups (broad SMARTS) is 1. The van der Waals surface area contributed by atoms with Crippen molar-refractivity contribution in [2.24, 2.45) is 0 Å². The minimum atomic E-state index is -0.933. The van der Waals surface area contributed by atoms with Gasteiger partial charge in [-0.2, -0.15) is 0 Å². The van der Waals surface area contributed by atoms with E-state index in [0.717, 1.165) is 0 Å². The molecule has 0 saturated heterocycles. The van der Waals surface area contributed by atoms with Crippen LogP contribution in [0.15, 0.2) is 23.0 Å². The van der Waals surface area contributed by atoms with Gasteiger partial charge in [-0.05, 0) is 18.2 Å². The lowest BCUT2D eigenvalue weighted by atomic mass is 10.3. The third-order valence-electron chi connectivity index (χ3n) is 1.96. The minimum absolute atomic E-state index is 0.153. The SMILES string of the molecule is O=C(O)CNc1ccc2[nH]c(=O)[nH]c2c1. The van der Waals surface area contributed by atoms with Crippen LogP contribution >= 0.6 is 0 Å². The summed E-state index contributed by atoms with van der Waals surface area (Å²) in [6, 6.07) is 5.09. The molecular weight excluding hydrogens is 198 g/mol. The molecule has 15 heavy (non-hydrogen) atoms.